The summed E-state index contributed by atoms with van der Waals surface area (Å²) in [6.45, 7) is 4.57. The summed E-state index contributed by atoms with van der Waals surface area (Å²) in [5.74, 6) is 0.485. The lowest BCUT2D eigenvalue weighted by Crippen LogP contribution is -2.40. The van der Waals surface area contributed by atoms with Crippen LogP contribution in [-0.4, -0.2) is 35.1 Å². The summed E-state index contributed by atoms with van der Waals surface area (Å²) in [6, 6.07) is 0. The van der Waals surface area contributed by atoms with Crippen molar-refractivity contribution in [2.75, 3.05) is 19.7 Å². The van der Waals surface area contributed by atoms with E-state index in [1.165, 1.54) is 12.8 Å². The van der Waals surface area contributed by atoms with Crippen molar-refractivity contribution in [3.8, 4) is 0 Å². The quantitative estimate of drug-likeness (QED) is 0.611. The van der Waals surface area contributed by atoms with Gasteiger partial charge in [-0.3, -0.25) is 4.90 Å². The minimum Gasteiger partial charge on any atom is -0.396 e. The summed E-state index contributed by atoms with van der Waals surface area (Å²) in [5.41, 5.74) is 0. The summed E-state index contributed by atoms with van der Waals surface area (Å²) >= 11 is 4.36. The molecule has 11 heavy (non-hydrogen) atoms. The summed E-state index contributed by atoms with van der Waals surface area (Å²) in [5, 5.41) is 9.28. The molecule has 1 saturated heterocycles. The highest BCUT2D eigenvalue weighted by atomic mass is 32.1. The van der Waals surface area contributed by atoms with Crippen LogP contribution in [-0.2, 0) is 0 Å². The molecule has 1 N–H and O–H groups in total. The number of likely N-dealkylation sites (tertiary alicyclic amines) is 1. The molecule has 1 rings (SSSR count). The number of aliphatic hydroxyl groups is 1. The zero-order chi connectivity index (χ0) is 8.27. The molecule has 2 unspecified atom stereocenters. The maximum absolute atomic E-state index is 8.94. The van der Waals surface area contributed by atoms with Crippen LogP contribution in [0, 0.1) is 5.92 Å². The van der Waals surface area contributed by atoms with E-state index >= 15 is 0 Å². The van der Waals surface area contributed by atoms with Crippen molar-refractivity contribution in [3.05, 3.63) is 0 Å². The SMILES string of the molecule is CC(S)N1CCCC(CO)C1. The van der Waals surface area contributed by atoms with E-state index in [0.29, 0.717) is 17.9 Å². The van der Waals surface area contributed by atoms with Gasteiger partial charge in [-0.2, -0.15) is 12.6 Å². The molecule has 0 saturated carbocycles. The Morgan fingerprint density at radius 1 is 1.73 bits per heavy atom. The fraction of sp³-hybridized carbons (Fsp3) is 1.00. The van der Waals surface area contributed by atoms with Crippen LogP contribution in [0.2, 0.25) is 0 Å². The molecule has 66 valence electrons. The van der Waals surface area contributed by atoms with Gasteiger partial charge in [0, 0.05) is 18.5 Å². The van der Waals surface area contributed by atoms with E-state index in [1.54, 1.807) is 0 Å². The summed E-state index contributed by atoms with van der Waals surface area (Å²) in [4.78, 5) is 2.31. The normalized spacial score (nSPS) is 30.3. The van der Waals surface area contributed by atoms with Crippen LogP contribution in [0.4, 0.5) is 0 Å². The zero-order valence-electron chi connectivity index (χ0n) is 7.03. The number of rotatable bonds is 2. The van der Waals surface area contributed by atoms with Gasteiger partial charge < -0.3 is 5.11 Å². The summed E-state index contributed by atoms with van der Waals surface area (Å²) < 4.78 is 0. The van der Waals surface area contributed by atoms with Gasteiger partial charge in [0.25, 0.3) is 0 Å². The Morgan fingerprint density at radius 2 is 2.45 bits per heavy atom. The van der Waals surface area contributed by atoms with Crippen molar-refractivity contribution in [2.24, 2.45) is 5.92 Å². The topological polar surface area (TPSA) is 23.5 Å². The lowest BCUT2D eigenvalue weighted by Gasteiger charge is -2.33. The molecule has 0 amide bonds. The van der Waals surface area contributed by atoms with Crippen molar-refractivity contribution < 1.29 is 5.11 Å². The van der Waals surface area contributed by atoms with Crippen LogP contribution < -0.4 is 0 Å². The summed E-state index contributed by atoms with van der Waals surface area (Å²) in [7, 11) is 0. The van der Waals surface area contributed by atoms with Gasteiger partial charge in [-0.15, -0.1) is 0 Å². The zero-order valence-corrected chi connectivity index (χ0v) is 7.93. The van der Waals surface area contributed by atoms with Gasteiger partial charge in [-0.05, 0) is 32.2 Å². The van der Waals surface area contributed by atoms with Crippen LogP contribution in [0.3, 0.4) is 0 Å². The van der Waals surface area contributed by atoms with E-state index < -0.39 is 0 Å². The van der Waals surface area contributed by atoms with Gasteiger partial charge in [0.1, 0.15) is 0 Å². The minimum absolute atomic E-state index is 0.330. The lowest BCUT2D eigenvalue weighted by atomic mass is 9.99. The van der Waals surface area contributed by atoms with Crippen LogP contribution in [0.5, 0.6) is 0 Å². The first kappa shape index (κ1) is 9.36. The molecule has 0 aliphatic carbocycles. The van der Waals surface area contributed by atoms with E-state index in [9.17, 15) is 0 Å². The highest BCUT2D eigenvalue weighted by Gasteiger charge is 2.20. The Kier molecular flexibility index (Phi) is 3.69. The number of hydrogen-bond donors (Lipinski definition) is 2. The summed E-state index contributed by atoms with van der Waals surface area (Å²) in [6.07, 6.45) is 2.38. The maximum Gasteiger partial charge on any atom is 0.0499 e. The minimum atomic E-state index is 0.330. The van der Waals surface area contributed by atoms with Crippen LogP contribution in [0.25, 0.3) is 0 Å². The van der Waals surface area contributed by atoms with Crippen molar-refractivity contribution in [3.63, 3.8) is 0 Å². The molecule has 0 aromatic heterocycles. The lowest BCUT2D eigenvalue weighted by molar-refractivity contribution is 0.117. The molecule has 0 aromatic carbocycles. The van der Waals surface area contributed by atoms with Crippen molar-refractivity contribution in [2.45, 2.75) is 25.1 Å². The molecule has 1 aliphatic rings. The van der Waals surface area contributed by atoms with Gasteiger partial charge in [-0.25, -0.2) is 0 Å². The van der Waals surface area contributed by atoms with Crippen molar-refractivity contribution in [1.29, 1.82) is 0 Å². The van der Waals surface area contributed by atoms with E-state index in [1.807, 2.05) is 0 Å². The Morgan fingerprint density at radius 3 is 3.00 bits per heavy atom. The number of piperidine rings is 1. The van der Waals surface area contributed by atoms with E-state index in [2.05, 4.69) is 24.5 Å². The number of hydrogen-bond acceptors (Lipinski definition) is 3. The third kappa shape index (κ3) is 2.65. The molecule has 2 nitrogen and oxygen atoms in total. The largest absolute Gasteiger partial charge is 0.396 e. The van der Waals surface area contributed by atoms with E-state index in [4.69, 9.17) is 5.11 Å². The first-order valence-corrected chi connectivity index (χ1v) is 4.78. The molecule has 0 aromatic rings. The molecule has 0 bridgehead atoms. The number of nitrogens with zero attached hydrogens (tertiary/aromatic N) is 1. The molecule has 2 atom stereocenters. The highest BCUT2D eigenvalue weighted by Crippen LogP contribution is 2.18. The Hall–Kier alpha value is 0.270. The molecule has 0 radical (unpaired) electrons. The monoisotopic (exact) mass is 175 g/mol. The van der Waals surface area contributed by atoms with Crippen LogP contribution in [0.15, 0.2) is 0 Å². The molecular formula is C8H17NOS. The van der Waals surface area contributed by atoms with E-state index in [-0.39, 0.29) is 0 Å². The van der Waals surface area contributed by atoms with Crippen molar-refractivity contribution >= 4 is 12.6 Å². The van der Waals surface area contributed by atoms with Gasteiger partial charge in [0.2, 0.25) is 0 Å². The van der Waals surface area contributed by atoms with Crippen LogP contribution in [0.1, 0.15) is 19.8 Å². The highest BCUT2D eigenvalue weighted by molar-refractivity contribution is 7.80. The average molecular weight is 175 g/mol. The smallest absolute Gasteiger partial charge is 0.0499 e. The number of aliphatic hydroxyl groups excluding tert-OH is 1. The van der Waals surface area contributed by atoms with Gasteiger partial charge in [-0.1, -0.05) is 0 Å². The Bertz CT molecular complexity index is 119. The van der Waals surface area contributed by atoms with Gasteiger partial charge in [0.15, 0.2) is 0 Å². The molecule has 3 heteroatoms. The Labute approximate surface area is 74.0 Å². The molecule has 1 aliphatic heterocycles. The standard InChI is InChI=1S/C8H17NOS/c1-7(11)9-4-2-3-8(5-9)6-10/h7-8,10-11H,2-6H2,1H3. The molecule has 1 heterocycles. The second-order valence-corrected chi connectivity index (χ2v) is 4.06. The fourth-order valence-electron chi connectivity index (χ4n) is 1.59. The fourth-order valence-corrected chi connectivity index (χ4v) is 1.80. The molecule has 0 spiro atoms. The molecule has 1 fully saturated rings. The number of thiol groups is 1. The second kappa shape index (κ2) is 4.33. The van der Waals surface area contributed by atoms with E-state index in [0.717, 1.165) is 13.1 Å². The predicted molar refractivity (Wildman–Crippen MR) is 49.8 cm³/mol. The second-order valence-electron chi connectivity index (χ2n) is 3.32. The maximum atomic E-state index is 8.94. The first-order valence-electron chi connectivity index (χ1n) is 4.27. The van der Waals surface area contributed by atoms with Crippen molar-refractivity contribution in [1.82, 2.24) is 4.90 Å². The predicted octanol–water partition coefficient (Wildman–Crippen LogP) is 0.966. The van der Waals surface area contributed by atoms with Gasteiger partial charge in [0.05, 0.1) is 0 Å². The van der Waals surface area contributed by atoms with Crippen LogP contribution >= 0.6 is 12.6 Å². The Balaban J connectivity index is 2.33. The van der Waals surface area contributed by atoms with Gasteiger partial charge >= 0.3 is 0 Å². The third-order valence-corrected chi connectivity index (χ3v) is 2.66. The molecular weight excluding hydrogens is 158 g/mol. The average Bonchev–Trinajstić information content (AvgIpc) is 2.05. The third-order valence-electron chi connectivity index (χ3n) is 2.34. The first-order chi connectivity index (χ1) is 5.24.